The van der Waals surface area contributed by atoms with Crippen LogP contribution in [0.25, 0.3) is 0 Å². The Hall–Kier alpha value is -0.120. The third-order valence-electron chi connectivity index (χ3n) is 2.73. The van der Waals surface area contributed by atoms with E-state index in [2.05, 4.69) is 4.90 Å². The van der Waals surface area contributed by atoms with Crippen molar-refractivity contribution in [3.8, 4) is 0 Å². The molecule has 2 atom stereocenters. The Bertz CT molecular complexity index is 145. The lowest BCUT2D eigenvalue weighted by Crippen LogP contribution is -2.30. The molecule has 0 aliphatic carbocycles. The van der Waals surface area contributed by atoms with Gasteiger partial charge in [0.25, 0.3) is 0 Å². The second-order valence-corrected chi connectivity index (χ2v) is 3.84. The summed E-state index contributed by atoms with van der Waals surface area (Å²) in [6.45, 7) is 3.85. The number of hydrogen-bond donors (Lipinski definition) is 1. The quantitative estimate of drug-likeness (QED) is 0.645. The molecular weight excluding hydrogens is 154 g/mol. The summed E-state index contributed by atoms with van der Waals surface area (Å²) in [5.41, 5.74) is 0. The SMILES string of the molecule is O[C@@H]1CCN(CC2CCCO2)C1. The highest BCUT2D eigenvalue weighted by molar-refractivity contribution is 4.78. The molecular formula is C9H17NO2. The summed E-state index contributed by atoms with van der Waals surface area (Å²) >= 11 is 0. The van der Waals surface area contributed by atoms with Crippen LogP contribution in [0.1, 0.15) is 19.3 Å². The smallest absolute Gasteiger partial charge is 0.0702 e. The Morgan fingerprint density at radius 3 is 2.92 bits per heavy atom. The maximum absolute atomic E-state index is 9.29. The Morgan fingerprint density at radius 1 is 1.42 bits per heavy atom. The predicted molar refractivity (Wildman–Crippen MR) is 46.0 cm³/mol. The Morgan fingerprint density at radius 2 is 2.33 bits per heavy atom. The van der Waals surface area contributed by atoms with E-state index in [0.717, 1.165) is 32.7 Å². The molecule has 2 rings (SSSR count). The Labute approximate surface area is 73.3 Å². The van der Waals surface area contributed by atoms with Crippen LogP contribution in [-0.2, 0) is 4.74 Å². The van der Waals surface area contributed by atoms with Crippen LogP contribution in [0.3, 0.4) is 0 Å². The summed E-state index contributed by atoms with van der Waals surface area (Å²) in [5, 5.41) is 9.29. The molecule has 0 amide bonds. The van der Waals surface area contributed by atoms with Crippen LogP contribution in [-0.4, -0.2) is 48.5 Å². The second kappa shape index (κ2) is 3.73. The minimum Gasteiger partial charge on any atom is -0.392 e. The van der Waals surface area contributed by atoms with Crippen LogP contribution < -0.4 is 0 Å². The van der Waals surface area contributed by atoms with Gasteiger partial charge in [-0.25, -0.2) is 0 Å². The van der Waals surface area contributed by atoms with Gasteiger partial charge in [-0.2, -0.15) is 0 Å². The van der Waals surface area contributed by atoms with Gasteiger partial charge in [0.1, 0.15) is 0 Å². The lowest BCUT2D eigenvalue weighted by atomic mass is 10.2. The number of aliphatic hydroxyl groups is 1. The van der Waals surface area contributed by atoms with Crippen LogP contribution in [0.2, 0.25) is 0 Å². The van der Waals surface area contributed by atoms with Crippen LogP contribution in [0.4, 0.5) is 0 Å². The lowest BCUT2D eigenvalue weighted by molar-refractivity contribution is 0.0755. The molecule has 1 unspecified atom stereocenters. The summed E-state index contributed by atoms with van der Waals surface area (Å²) in [6, 6.07) is 0. The van der Waals surface area contributed by atoms with Crippen molar-refractivity contribution in [2.45, 2.75) is 31.5 Å². The van der Waals surface area contributed by atoms with E-state index in [-0.39, 0.29) is 6.10 Å². The molecule has 0 saturated carbocycles. The van der Waals surface area contributed by atoms with Gasteiger partial charge in [-0.05, 0) is 19.3 Å². The number of nitrogens with zero attached hydrogens (tertiary/aromatic N) is 1. The molecule has 70 valence electrons. The highest BCUT2D eigenvalue weighted by Gasteiger charge is 2.24. The minimum absolute atomic E-state index is 0.0913. The van der Waals surface area contributed by atoms with E-state index >= 15 is 0 Å². The zero-order valence-corrected chi connectivity index (χ0v) is 7.41. The molecule has 2 heterocycles. The van der Waals surface area contributed by atoms with Crippen molar-refractivity contribution in [1.29, 1.82) is 0 Å². The summed E-state index contributed by atoms with van der Waals surface area (Å²) in [4.78, 5) is 2.31. The van der Waals surface area contributed by atoms with Crippen LogP contribution >= 0.6 is 0 Å². The molecule has 2 saturated heterocycles. The molecule has 1 N–H and O–H groups in total. The molecule has 3 heteroatoms. The van der Waals surface area contributed by atoms with Gasteiger partial charge < -0.3 is 9.84 Å². The average Bonchev–Trinajstić information content (AvgIpc) is 2.63. The van der Waals surface area contributed by atoms with Crippen LogP contribution in [0, 0.1) is 0 Å². The number of β-amino-alcohol motifs (C(OH)–C–C–N with tert-alkyl or cyclic N) is 1. The summed E-state index contributed by atoms with van der Waals surface area (Å²) < 4.78 is 5.53. The fourth-order valence-electron chi connectivity index (χ4n) is 2.05. The zero-order chi connectivity index (χ0) is 8.39. The Kier molecular flexibility index (Phi) is 2.63. The highest BCUT2D eigenvalue weighted by Crippen LogP contribution is 2.16. The molecule has 0 aromatic rings. The first kappa shape index (κ1) is 8.48. The first-order valence-electron chi connectivity index (χ1n) is 4.86. The first-order chi connectivity index (χ1) is 5.84. The van der Waals surface area contributed by atoms with Crippen LogP contribution in [0.5, 0.6) is 0 Å². The molecule has 2 aliphatic rings. The van der Waals surface area contributed by atoms with E-state index in [4.69, 9.17) is 4.74 Å². The van der Waals surface area contributed by atoms with Crippen molar-refractivity contribution in [1.82, 2.24) is 4.90 Å². The van der Waals surface area contributed by atoms with Gasteiger partial charge in [0.05, 0.1) is 12.2 Å². The monoisotopic (exact) mass is 171 g/mol. The zero-order valence-electron chi connectivity index (χ0n) is 7.41. The van der Waals surface area contributed by atoms with E-state index in [1.165, 1.54) is 12.8 Å². The minimum atomic E-state index is -0.0913. The van der Waals surface area contributed by atoms with Crippen molar-refractivity contribution >= 4 is 0 Å². The van der Waals surface area contributed by atoms with Crippen molar-refractivity contribution < 1.29 is 9.84 Å². The molecule has 0 aromatic heterocycles. The van der Waals surface area contributed by atoms with Gasteiger partial charge in [-0.15, -0.1) is 0 Å². The highest BCUT2D eigenvalue weighted by atomic mass is 16.5. The van der Waals surface area contributed by atoms with Crippen LogP contribution in [0.15, 0.2) is 0 Å². The van der Waals surface area contributed by atoms with E-state index in [1.54, 1.807) is 0 Å². The van der Waals surface area contributed by atoms with Crippen molar-refractivity contribution in [2.75, 3.05) is 26.2 Å². The summed E-state index contributed by atoms with van der Waals surface area (Å²) in [6.07, 6.45) is 3.70. The standard InChI is InChI=1S/C9H17NO2/c11-8-3-4-10(6-8)7-9-2-1-5-12-9/h8-9,11H,1-7H2/t8-,9?/m1/s1. The maximum atomic E-state index is 9.29. The van der Waals surface area contributed by atoms with Crippen molar-refractivity contribution in [2.24, 2.45) is 0 Å². The number of likely N-dealkylation sites (tertiary alicyclic amines) is 1. The molecule has 0 bridgehead atoms. The third kappa shape index (κ3) is 1.97. The maximum Gasteiger partial charge on any atom is 0.0702 e. The van der Waals surface area contributed by atoms with Gasteiger partial charge in [-0.3, -0.25) is 4.90 Å². The van der Waals surface area contributed by atoms with Gasteiger partial charge >= 0.3 is 0 Å². The Balaban J connectivity index is 1.72. The topological polar surface area (TPSA) is 32.7 Å². The molecule has 0 aromatic carbocycles. The fourth-order valence-corrected chi connectivity index (χ4v) is 2.05. The normalized spacial score (nSPS) is 37.8. The molecule has 12 heavy (non-hydrogen) atoms. The van der Waals surface area contributed by atoms with E-state index in [1.807, 2.05) is 0 Å². The number of ether oxygens (including phenoxy) is 1. The fraction of sp³-hybridized carbons (Fsp3) is 1.00. The van der Waals surface area contributed by atoms with Gasteiger partial charge in [0.15, 0.2) is 0 Å². The van der Waals surface area contributed by atoms with Gasteiger partial charge in [-0.1, -0.05) is 0 Å². The van der Waals surface area contributed by atoms with E-state index in [0.29, 0.717) is 6.10 Å². The lowest BCUT2D eigenvalue weighted by Gasteiger charge is -2.18. The van der Waals surface area contributed by atoms with Crippen molar-refractivity contribution in [3.05, 3.63) is 0 Å². The molecule has 3 nitrogen and oxygen atoms in total. The molecule has 2 fully saturated rings. The van der Waals surface area contributed by atoms with E-state index in [9.17, 15) is 5.11 Å². The van der Waals surface area contributed by atoms with Crippen molar-refractivity contribution in [3.63, 3.8) is 0 Å². The largest absolute Gasteiger partial charge is 0.392 e. The first-order valence-corrected chi connectivity index (χ1v) is 4.86. The average molecular weight is 171 g/mol. The van der Waals surface area contributed by atoms with Gasteiger partial charge in [0, 0.05) is 26.2 Å². The van der Waals surface area contributed by atoms with Gasteiger partial charge in [0.2, 0.25) is 0 Å². The molecule has 2 aliphatic heterocycles. The third-order valence-corrected chi connectivity index (χ3v) is 2.73. The molecule has 0 spiro atoms. The summed E-state index contributed by atoms with van der Waals surface area (Å²) in [7, 11) is 0. The predicted octanol–water partition coefficient (Wildman–Crippen LogP) is 0.232. The number of rotatable bonds is 2. The second-order valence-electron chi connectivity index (χ2n) is 3.84. The summed E-state index contributed by atoms with van der Waals surface area (Å²) in [5.74, 6) is 0. The number of aliphatic hydroxyl groups excluding tert-OH is 1. The number of hydrogen-bond acceptors (Lipinski definition) is 3. The molecule has 0 radical (unpaired) electrons. The van der Waals surface area contributed by atoms with E-state index < -0.39 is 0 Å².